The number of hydrogen-bond donors (Lipinski definition) is 3. The molecule has 3 rings (SSSR count). The lowest BCUT2D eigenvalue weighted by atomic mass is 10.2. The number of ether oxygens (including phenoxy) is 2. The molecule has 0 unspecified atom stereocenters. The minimum Gasteiger partial charge on any atom is -0.491 e. The van der Waals surface area contributed by atoms with Gasteiger partial charge in [-0.25, -0.2) is 13.1 Å². The Bertz CT molecular complexity index is 1190. The highest BCUT2D eigenvalue weighted by Gasteiger charge is 2.16. The van der Waals surface area contributed by atoms with Crippen molar-refractivity contribution < 1.29 is 27.5 Å². The van der Waals surface area contributed by atoms with E-state index in [4.69, 9.17) is 9.47 Å². The van der Waals surface area contributed by atoms with Gasteiger partial charge in [0.25, 0.3) is 11.8 Å². The lowest BCUT2D eigenvalue weighted by Crippen LogP contribution is -2.43. The molecule has 0 aromatic heterocycles. The molecule has 0 radical (unpaired) electrons. The van der Waals surface area contributed by atoms with Gasteiger partial charge in [0.1, 0.15) is 19.0 Å². The molecule has 0 fully saturated rings. The van der Waals surface area contributed by atoms with Crippen LogP contribution in [0, 0.1) is 0 Å². The van der Waals surface area contributed by atoms with Gasteiger partial charge < -0.3 is 9.47 Å². The number of sulfonamides is 1. The van der Waals surface area contributed by atoms with Crippen molar-refractivity contribution >= 4 is 21.8 Å². The predicted octanol–water partition coefficient (Wildman–Crippen LogP) is 2.02. The Balaban J connectivity index is 1.42. The molecule has 0 saturated heterocycles. The first kappa shape index (κ1) is 24.9. The van der Waals surface area contributed by atoms with E-state index in [1.807, 2.05) is 48.5 Å². The molecule has 3 aromatic rings. The summed E-state index contributed by atoms with van der Waals surface area (Å²) >= 11 is 0. The lowest BCUT2D eigenvalue weighted by Gasteiger charge is -2.10. The van der Waals surface area contributed by atoms with Crippen LogP contribution in [-0.4, -0.2) is 40.1 Å². The molecule has 3 N–H and O–H groups in total. The topological polar surface area (TPSA) is 123 Å². The molecular weight excluding hydrogens is 458 g/mol. The van der Waals surface area contributed by atoms with Gasteiger partial charge in [0.2, 0.25) is 10.0 Å². The zero-order valence-corrected chi connectivity index (χ0v) is 19.1. The van der Waals surface area contributed by atoms with E-state index in [2.05, 4.69) is 15.6 Å². The van der Waals surface area contributed by atoms with E-state index in [1.165, 1.54) is 24.3 Å². The van der Waals surface area contributed by atoms with Crippen molar-refractivity contribution in [1.82, 2.24) is 15.6 Å². The zero-order chi connectivity index (χ0) is 24.2. The summed E-state index contributed by atoms with van der Waals surface area (Å²) in [4.78, 5) is 24.1. The maximum Gasteiger partial charge on any atom is 0.269 e. The third-order valence-electron chi connectivity index (χ3n) is 4.50. The van der Waals surface area contributed by atoms with E-state index >= 15 is 0 Å². The molecular formula is C24H25N3O6S. The lowest BCUT2D eigenvalue weighted by molar-refractivity contribution is -0.126. The number of hydrazine groups is 1. The van der Waals surface area contributed by atoms with Crippen molar-refractivity contribution in [1.29, 1.82) is 0 Å². The van der Waals surface area contributed by atoms with Crippen LogP contribution < -0.4 is 20.3 Å². The summed E-state index contributed by atoms with van der Waals surface area (Å²) in [7, 11) is -3.83. The maximum atomic E-state index is 12.6. The van der Waals surface area contributed by atoms with E-state index in [-0.39, 0.29) is 36.8 Å². The second-order valence-electron chi connectivity index (χ2n) is 7.05. The van der Waals surface area contributed by atoms with Crippen LogP contribution in [0.3, 0.4) is 0 Å². The third kappa shape index (κ3) is 8.00. The fourth-order valence-corrected chi connectivity index (χ4v) is 3.86. The monoisotopic (exact) mass is 483 g/mol. The van der Waals surface area contributed by atoms with Crippen molar-refractivity contribution in [2.75, 3.05) is 19.8 Å². The smallest absolute Gasteiger partial charge is 0.269 e. The Morgan fingerprint density at radius 3 is 2.24 bits per heavy atom. The summed E-state index contributed by atoms with van der Waals surface area (Å²) in [6.07, 6.45) is 0. The van der Waals surface area contributed by atoms with Crippen LogP contribution in [0.5, 0.6) is 5.75 Å². The first-order chi connectivity index (χ1) is 16.4. The number of para-hydroxylation sites is 1. The molecule has 10 heteroatoms. The average molecular weight is 484 g/mol. The van der Waals surface area contributed by atoms with Gasteiger partial charge in [-0.15, -0.1) is 0 Å². The quantitative estimate of drug-likeness (QED) is 0.283. The Labute approximate surface area is 198 Å². The minimum absolute atomic E-state index is 0.0656. The van der Waals surface area contributed by atoms with Gasteiger partial charge in [-0.1, -0.05) is 54.6 Å². The number of hydrogen-bond acceptors (Lipinski definition) is 6. The highest BCUT2D eigenvalue weighted by atomic mass is 32.2. The molecule has 0 heterocycles. The van der Waals surface area contributed by atoms with Crippen LogP contribution in [-0.2, 0) is 26.1 Å². The van der Waals surface area contributed by atoms with Crippen molar-refractivity contribution in [2.24, 2.45) is 0 Å². The molecule has 34 heavy (non-hydrogen) atoms. The van der Waals surface area contributed by atoms with E-state index in [1.54, 1.807) is 12.1 Å². The van der Waals surface area contributed by atoms with Gasteiger partial charge in [-0.3, -0.25) is 20.4 Å². The Kier molecular flexibility index (Phi) is 9.15. The number of nitrogens with one attached hydrogen (secondary N) is 3. The Hall–Kier alpha value is -3.73. The van der Waals surface area contributed by atoms with Gasteiger partial charge in [-0.05, 0) is 35.9 Å². The Morgan fingerprint density at radius 1 is 0.794 bits per heavy atom. The molecule has 9 nitrogen and oxygen atoms in total. The summed E-state index contributed by atoms with van der Waals surface area (Å²) < 4.78 is 38.3. The number of carbonyl (C=O) groups is 2. The highest BCUT2D eigenvalue weighted by molar-refractivity contribution is 7.89. The van der Waals surface area contributed by atoms with Crippen LogP contribution in [0.1, 0.15) is 15.9 Å². The standard InChI is InChI=1S/C24H25N3O6S/c28-23(18-32-14-15-33-21-11-5-2-6-12-21)26-27-24(29)20-10-7-13-22(16-20)34(30,31)25-17-19-8-3-1-4-9-19/h1-13,16,25H,14-15,17-18H2,(H,26,28)(H,27,29). The number of benzene rings is 3. The van der Waals surface area contributed by atoms with Crippen molar-refractivity contribution in [3.8, 4) is 5.75 Å². The average Bonchev–Trinajstić information content (AvgIpc) is 2.87. The van der Waals surface area contributed by atoms with Gasteiger partial charge in [0.05, 0.1) is 11.5 Å². The molecule has 178 valence electrons. The fourth-order valence-electron chi connectivity index (χ4n) is 2.80. The number of amides is 2. The number of rotatable bonds is 11. The predicted molar refractivity (Wildman–Crippen MR) is 125 cm³/mol. The fraction of sp³-hybridized carbons (Fsp3) is 0.167. The second kappa shape index (κ2) is 12.5. The normalized spacial score (nSPS) is 10.9. The highest BCUT2D eigenvalue weighted by Crippen LogP contribution is 2.12. The molecule has 0 bridgehead atoms. The van der Waals surface area contributed by atoms with Gasteiger partial charge in [0.15, 0.2) is 0 Å². The van der Waals surface area contributed by atoms with Crippen LogP contribution in [0.4, 0.5) is 0 Å². The first-order valence-electron chi connectivity index (χ1n) is 10.4. The van der Waals surface area contributed by atoms with E-state index in [9.17, 15) is 18.0 Å². The van der Waals surface area contributed by atoms with Crippen LogP contribution >= 0.6 is 0 Å². The summed E-state index contributed by atoms with van der Waals surface area (Å²) in [5.41, 5.74) is 5.33. The molecule has 0 aliphatic rings. The third-order valence-corrected chi connectivity index (χ3v) is 5.90. The molecule has 3 aromatic carbocycles. The van der Waals surface area contributed by atoms with Gasteiger partial charge in [0, 0.05) is 12.1 Å². The van der Waals surface area contributed by atoms with E-state index < -0.39 is 21.8 Å². The van der Waals surface area contributed by atoms with Crippen molar-refractivity contribution in [3.63, 3.8) is 0 Å². The summed E-state index contributed by atoms with van der Waals surface area (Å²) in [6.45, 7) is 0.289. The molecule has 0 aliphatic carbocycles. The molecule has 0 atom stereocenters. The largest absolute Gasteiger partial charge is 0.491 e. The summed E-state index contributed by atoms with van der Waals surface area (Å²) in [5, 5.41) is 0. The SMILES string of the molecule is O=C(COCCOc1ccccc1)NNC(=O)c1cccc(S(=O)(=O)NCc2ccccc2)c1. The van der Waals surface area contributed by atoms with Crippen molar-refractivity contribution in [2.45, 2.75) is 11.4 Å². The first-order valence-corrected chi connectivity index (χ1v) is 11.9. The Morgan fingerprint density at radius 2 is 1.50 bits per heavy atom. The maximum absolute atomic E-state index is 12.6. The summed E-state index contributed by atoms with van der Waals surface area (Å²) in [6, 6.07) is 23.7. The van der Waals surface area contributed by atoms with E-state index in [0.29, 0.717) is 5.75 Å². The molecule has 0 aliphatic heterocycles. The number of carbonyl (C=O) groups excluding carboxylic acids is 2. The minimum atomic E-state index is -3.83. The molecule has 2 amide bonds. The van der Waals surface area contributed by atoms with Crippen molar-refractivity contribution in [3.05, 3.63) is 96.1 Å². The zero-order valence-electron chi connectivity index (χ0n) is 18.3. The van der Waals surface area contributed by atoms with E-state index in [0.717, 1.165) is 5.56 Å². The summed E-state index contributed by atoms with van der Waals surface area (Å²) in [5.74, 6) is -0.537. The van der Waals surface area contributed by atoms with Crippen LogP contribution in [0.15, 0.2) is 89.8 Å². The van der Waals surface area contributed by atoms with Crippen LogP contribution in [0.2, 0.25) is 0 Å². The molecule has 0 spiro atoms. The van der Waals surface area contributed by atoms with Gasteiger partial charge in [-0.2, -0.15) is 0 Å². The second-order valence-corrected chi connectivity index (χ2v) is 8.82. The van der Waals surface area contributed by atoms with Crippen LogP contribution in [0.25, 0.3) is 0 Å². The van der Waals surface area contributed by atoms with Gasteiger partial charge >= 0.3 is 0 Å². The molecule has 0 saturated carbocycles.